The summed E-state index contributed by atoms with van der Waals surface area (Å²) >= 11 is 7.18. The lowest BCUT2D eigenvalue weighted by Gasteiger charge is -2.10. The van der Waals surface area contributed by atoms with Gasteiger partial charge >= 0.3 is 5.97 Å². The Morgan fingerprint density at radius 1 is 1.56 bits per heavy atom. The van der Waals surface area contributed by atoms with Crippen molar-refractivity contribution in [1.29, 1.82) is 0 Å². The molecule has 0 saturated carbocycles. The van der Waals surface area contributed by atoms with Crippen molar-refractivity contribution in [2.45, 2.75) is 19.9 Å². The topological polar surface area (TPSA) is 55.4 Å². The predicted molar refractivity (Wildman–Crippen MR) is 63.0 cm³/mol. The van der Waals surface area contributed by atoms with Crippen LogP contribution in [-0.2, 0) is 9.53 Å². The van der Waals surface area contributed by atoms with Gasteiger partial charge in [0.1, 0.15) is 10.9 Å². The van der Waals surface area contributed by atoms with Crippen LogP contribution in [0.15, 0.2) is 5.38 Å². The molecule has 0 aliphatic rings. The van der Waals surface area contributed by atoms with Crippen LogP contribution in [0.2, 0.25) is 5.02 Å². The molecular formula is C10H12ClNO3S. The van der Waals surface area contributed by atoms with Gasteiger partial charge in [-0.1, -0.05) is 11.6 Å². The second-order valence-corrected chi connectivity index (χ2v) is 4.54. The van der Waals surface area contributed by atoms with E-state index in [1.807, 2.05) is 6.92 Å². The number of hydrogen-bond donors (Lipinski definition) is 1. The Kier molecular flexibility index (Phi) is 4.32. The van der Waals surface area contributed by atoms with Gasteiger partial charge in [-0.05, 0) is 24.8 Å². The van der Waals surface area contributed by atoms with E-state index in [0.29, 0.717) is 9.90 Å². The van der Waals surface area contributed by atoms with E-state index >= 15 is 0 Å². The second-order valence-electron chi connectivity index (χ2n) is 3.28. The van der Waals surface area contributed by atoms with Crippen molar-refractivity contribution in [2.24, 2.45) is 0 Å². The molecule has 1 aromatic rings. The Balaban J connectivity index is 2.73. The van der Waals surface area contributed by atoms with E-state index in [0.717, 1.165) is 5.56 Å². The van der Waals surface area contributed by atoms with Crippen LogP contribution in [-0.4, -0.2) is 25.0 Å². The molecule has 1 atom stereocenters. The number of carbonyl (C=O) groups excluding carboxylic acids is 2. The van der Waals surface area contributed by atoms with Gasteiger partial charge in [0.25, 0.3) is 5.91 Å². The van der Waals surface area contributed by atoms with Gasteiger partial charge < -0.3 is 10.1 Å². The molecule has 0 fully saturated rings. The van der Waals surface area contributed by atoms with Crippen LogP contribution < -0.4 is 5.32 Å². The van der Waals surface area contributed by atoms with Gasteiger partial charge in [-0.25, -0.2) is 4.79 Å². The smallest absolute Gasteiger partial charge is 0.328 e. The summed E-state index contributed by atoms with van der Waals surface area (Å²) in [5, 5.41) is 4.74. The maximum Gasteiger partial charge on any atom is 0.328 e. The fraction of sp³-hybridized carbons (Fsp3) is 0.400. The normalized spacial score (nSPS) is 12.0. The van der Waals surface area contributed by atoms with Crippen molar-refractivity contribution in [1.82, 2.24) is 5.32 Å². The van der Waals surface area contributed by atoms with E-state index in [1.54, 1.807) is 12.3 Å². The minimum Gasteiger partial charge on any atom is -0.467 e. The summed E-state index contributed by atoms with van der Waals surface area (Å²) in [6, 6.07) is -0.684. The molecule has 0 saturated heterocycles. The van der Waals surface area contributed by atoms with E-state index in [2.05, 4.69) is 10.1 Å². The van der Waals surface area contributed by atoms with Crippen LogP contribution in [0.3, 0.4) is 0 Å². The molecule has 0 spiro atoms. The van der Waals surface area contributed by atoms with Gasteiger partial charge in [0, 0.05) is 0 Å². The Bertz CT molecular complexity index is 416. The van der Waals surface area contributed by atoms with Gasteiger partial charge in [0.2, 0.25) is 0 Å². The summed E-state index contributed by atoms with van der Waals surface area (Å²) < 4.78 is 4.50. The maximum atomic E-state index is 11.7. The van der Waals surface area contributed by atoms with Gasteiger partial charge in [0.15, 0.2) is 0 Å². The first-order valence-electron chi connectivity index (χ1n) is 4.59. The van der Waals surface area contributed by atoms with E-state index in [4.69, 9.17) is 11.6 Å². The Hall–Kier alpha value is -1.07. The highest BCUT2D eigenvalue weighted by molar-refractivity contribution is 7.13. The zero-order chi connectivity index (χ0) is 12.3. The summed E-state index contributed by atoms with van der Waals surface area (Å²) in [4.78, 5) is 23.2. The van der Waals surface area contributed by atoms with Gasteiger partial charge in [-0.2, -0.15) is 0 Å². The molecule has 1 N–H and O–H groups in total. The summed E-state index contributed by atoms with van der Waals surface area (Å²) in [6.07, 6.45) is 0. The van der Waals surface area contributed by atoms with E-state index < -0.39 is 12.0 Å². The van der Waals surface area contributed by atoms with Crippen molar-refractivity contribution in [3.05, 3.63) is 20.8 Å². The highest BCUT2D eigenvalue weighted by atomic mass is 35.5. The molecule has 16 heavy (non-hydrogen) atoms. The number of rotatable bonds is 3. The molecule has 4 nitrogen and oxygen atoms in total. The lowest BCUT2D eigenvalue weighted by molar-refractivity contribution is -0.142. The standard InChI is InChI=1S/C10H12ClNO3S/c1-5-4-16-8(7(5)11)9(13)12-6(2)10(14)15-3/h4,6H,1-3H3,(H,12,13). The monoisotopic (exact) mass is 261 g/mol. The van der Waals surface area contributed by atoms with Crippen molar-refractivity contribution in [2.75, 3.05) is 7.11 Å². The van der Waals surface area contributed by atoms with Crippen molar-refractivity contribution in [3.8, 4) is 0 Å². The second kappa shape index (κ2) is 5.32. The molecule has 0 aliphatic carbocycles. The average molecular weight is 262 g/mol. The number of carbonyl (C=O) groups is 2. The summed E-state index contributed by atoms with van der Waals surface area (Å²) in [5.41, 5.74) is 0.850. The molecule has 1 aromatic heterocycles. The first kappa shape index (κ1) is 13.0. The largest absolute Gasteiger partial charge is 0.467 e. The number of hydrogen-bond acceptors (Lipinski definition) is 4. The Labute approximate surface area is 103 Å². The predicted octanol–water partition coefficient (Wildman–Crippen LogP) is 2.00. The van der Waals surface area contributed by atoms with Crippen LogP contribution in [0.1, 0.15) is 22.2 Å². The fourth-order valence-electron chi connectivity index (χ4n) is 1.08. The van der Waals surface area contributed by atoms with E-state index in [9.17, 15) is 9.59 Å². The average Bonchev–Trinajstić information content (AvgIpc) is 2.58. The quantitative estimate of drug-likeness (QED) is 0.847. The zero-order valence-electron chi connectivity index (χ0n) is 9.17. The first-order chi connectivity index (χ1) is 7.47. The number of halogens is 1. The molecule has 1 rings (SSSR count). The highest BCUT2D eigenvalue weighted by Gasteiger charge is 2.20. The minimum absolute atomic E-state index is 0.360. The number of methoxy groups -OCH3 is 1. The van der Waals surface area contributed by atoms with Crippen molar-refractivity contribution < 1.29 is 14.3 Å². The third-order valence-corrected chi connectivity index (χ3v) is 3.70. The van der Waals surface area contributed by atoms with Gasteiger partial charge in [-0.3, -0.25) is 4.79 Å². The van der Waals surface area contributed by atoms with Crippen LogP contribution in [0.25, 0.3) is 0 Å². The minimum atomic E-state index is -0.684. The molecule has 1 heterocycles. The number of thiophene rings is 1. The third kappa shape index (κ3) is 2.74. The number of aryl methyl sites for hydroxylation is 1. The van der Waals surface area contributed by atoms with E-state index in [-0.39, 0.29) is 5.91 Å². The lowest BCUT2D eigenvalue weighted by Crippen LogP contribution is -2.38. The molecule has 0 bridgehead atoms. The SMILES string of the molecule is COC(=O)C(C)NC(=O)c1scc(C)c1Cl. The summed E-state index contributed by atoms with van der Waals surface area (Å²) in [5.74, 6) is -0.848. The van der Waals surface area contributed by atoms with Crippen LogP contribution in [0.5, 0.6) is 0 Å². The van der Waals surface area contributed by atoms with Crippen LogP contribution >= 0.6 is 22.9 Å². The molecule has 0 aliphatic heterocycles. The number of nitrogens with one attached hydrogen (secondary N) is 1. The third-order valence-electron chi connectivity index (χ3n) is 2.01. The maximum absolute atomic E-state index is 11.7. The molecule has 1 amide bonds. The lowest BCUT2D eigenvalue weighted by atomic mass is 10.3. The summed E-state index contributed by atoms with van der Waals surface area (Å²) in [6.45, 7) is 3.37. The highest BCUT2D eigenvalue weighted by Crippen LogP contribution is 2.26. The molecular weight excluding hydrogens is 250 g/mol. The van der Waals surface area contributed by atoms with Gasteiger partial charge in [0.05, 0.1) is 12.1 Å². The fourth-order valence-corrected chi connectivity index (χ4v) is 2.26. The number of ether oxygens (including phenoxy) is 1. The van der Waals surface area contributed by atoms with Crippen LogP contribution in [0, 0.1) is 6.92 Å². The first-order valence-corrected chi connectivity index (χ1v) is 5.85. The Morgan fingerprint density at radius 2 is 2.19 bits per heavy atom. The van der Waals surface area contributed by atoms with Gasteiger partial charge in [-0.15, -0.1) is 11.3 Å². The molecule has 1 unspecified atom stereocenters. The number of esters is 1. The molecule has 0 radical (unpaired) electrons. The Morgan fingerprint density at radius 3 is 2.62 bits per heavy atom. The molecule has 6 heteroatoms. The van der Waals surface area contributed by atoms with E-state index in [1.165, 1.54) is 18.4 Å². The number of amides is 1. The zero-order valence-corrected chi connectivity index (χ0v) is 10.7. The summed E-state index contributed by atoms with van der Waals surface area (Å²) in [7, 11) is 1.27. The molecule has 0 aromatic carbocycles. The van der Waals surface area contributed by atoms with Crippen molar-refractivity contribution in [3.63, 3.8) is 0 Å². The molecule has 88 valence electrons. The van der Waals surface area contributed by atoms with Crippen molar-refractivity contribution >= 4 is 34.8 Å². The van der Waals surface area contributed by atoms with Crippen LogP contribution in [0.4, 0.5) is 0 Å².